The Morgan fingerprint density at radius 3 is 1.77 bits per heavy atom. The number of anilines is 2. The van der Waals surface area contributed by atoms with Crippen LogP contribution in [0.2, 0.25) is 0 Å². The number of hydrogen-bond acceptors (Lipinski definition) is 7. The van der Waals surface area contributed by atoms with Gasteiger partial charge in [0, 0.05) is 80.6 Å². The predicted octanol–water partition coefficient (Wildman–Crippen LogP) is 2.91. The molecule has 0 unspecified atom stereocenters. The summed E-state index contributed by atoms with van der Waals surface area (Å²) in [5.74, 6) is -0.369. The first-order chi connectivity index (χ1) is 16.6. The van der Waals surface area contributed by atoms with Crippen LogP contribution in [-0.2, 0) is 16.7 Å². The van der Waals surface area contributed by atoms with E-state index in [0.29, 0.717) is 6.54 Å². The minimum absolute atomic E-state index is 0.275. The van der Waals surface area contributed by atoms with Gasteiger partial charge in [0.15, 0.2) is 12.4 Å². The summed E-state index contributed by atoms with van der Waals surface area (Å²) in [5, 5.41) is 8.90. The Labute approximate surface area is 207 Å². The van der Waals surface area contributed by atoms with Crippen LogP contribution in [0.5, 0.6) is 0 Å². The average molecular weight is 494 g/mol. The molecule has 0 saturated heterocycles. The largest absolute Gasteiger partial charge is 0.748 e. The van der Waals surface area contributed by atoms with E-state index in [-0.39, 0.29) is 12.2 Å². The molecular weight excluding hydrogens is 462 g/mol. The fourth-order valence-electron chi connectivity index (χ4n) is 3.40. The van der Waals surface area contributed by atoms with Crippen LogP contribution in [0.4, 0.5) is 11.4 Å². The predicted molar refractivity (Wildman–Crippen MR) is 141 cm³/mol. The maximum atomic E-state index is 10.7. The minimum Gasteiger partial charge on any atom is -0.748 e. The van der Waals surface area contributed by atoms with Crippen molar-refractivity contribution in [1.82, 2.24) is 0 Å². The lowest BCUT2D eigenvalue weighted by Crippen LogP contribution is -2.33. The second-order valence-electron chi connectivity index (χ2n) is 8.56. The Kier molecular flexibility index (Phi) is 8.73. The third kappa shape index (κ3) is 8.01. The second-order valence-corrected chi connectivity index (χ2v) is 10.1. The summed E-state index contributed by atoms with van der Waals surface area (Å²) in [6.07, 6.45) is 5.60. The summed E-state index contributed by atoms with van der Waals surface area (Å²) in [4.78, 5) is 4.10. The number of pyridine rings is 1. The monoisotopic (exact) mass is 493 g/mol. The van der Waals surface area contributed by atoms with Crippen LogP contribution < -0.4 is 14.4 Å². The van der Waals surface area contributed by atoms with Gasteiger partial charge in [-0.3, -0.25) is 0 Å². The number of aryl methyl sites for hydroxylation is 1. The van der Waals surface area contributed by atoms with Crippen molar-refractivity contribution >= 4 is 33.4 Å². The van der Waals surface area contributed by atoms with Crippen molar-refractivity contribution < 1.29 is 17.5 Å². The van der Waals surface area contributed by atoms with Crippen molar-refractivity contribution in [2.75, 3.05) is 43.7 Å². The molecule has 0 aliphatic rings. The van der Waals surface area contributed by atoms with Gasteiger partial charge in [-0.05, 0) is 24.3 Å². The van der Waals surface area contributed by atoms with E-state index in [0.717, 1.165) is 33.8 Å². The van der Waals surface area contributed by atoms with E-state index in [1.165, 1.54) is 0 Å². The molecule has 35 heavy (non-hydrogen) atoms. The van der Waals surface area contributed by atoms with Gasteiger partial charge >= 0.3 is 0 Å². The molecule has 1 aromatic heterocycles. The Hall–Kier alpha value is -3.56. The summed E-state index contributed by atoms with van der Waals surface area (Å²) < 4.78 is 34.1. The smallest absolute Gasteiger partial charge is 0.169 e. The quantitative estimate of drug-likeness (QED) is 0.187. The van der Waals surface area contributed by atoms with Crippen molar-refractivity contribution in [3.63, 3.8) is 0 Å². The van der Waals surface area contributed by atoms with Gasteiger partial charge in [0.05, 0.1) is 16.3 Å². The lowest BCUT2D eigenvalue weighted by molar-refractivity contribution is -0.696. The van der Waals surface area contributed by atoms with Gasteiger partial charge in [0.1, 0.15) is 12.3 Å². The van der Waals surface area contributed by atoms with Crippen molar-refractivity contribution in [3.8, 4) is 0 Å². The Morgan fingerprint density at radius 2 is 1.34 bits per heavy atom. The van der Waals surface area contributed by atoms with Gasteiger partial charge in [0.2, 0.25) is 0 Å². The molecule has 0 N–H and O–H groups in total. The van der Waals surface area contributed by atoms with Gasteiger partial charge in [-0.2, -0.15) is 5.10 Å². The molecule has 3 rings (SSSR count). The second kappa shape index (κ2) is 11.7. The summed E-state index contributed by atoms with van der Waals surface area (Å²) in [5.41, 5.74) is 5.75. The summed E-state index contributed by atoms with van der Waals surface area (Å²) in [6, 6.07) is 20.1. The molecule has 0 atom stereocenters. The number of rotatable bonds is 10. The molecule has 0 aliphatic heterocycles. The fourth-order valence-corrected chi connectivity index (χ4v) is 3.88. The molecule has 8 nitrogen and oxygen atoms in total. The zero-order valence-electron chi connectivity index (χ0n) is 20.5. The van der Waals surface area contributed by atoms with Crippen LogP contribution in [0.1, 0.15) is 23.1 Å². The Balaban J connectivity index is 1.82. The van der Waals surface area contributed by atoms with Crippen LogP contribution >= 0.6 is 0 Å². The van der Waals surface area contributed by atoms with E-state index >= 15 is 0 Å². The number of aromatic nitrogens is 1. The molecule has 0 fully saturated rings. The zero-order valence-corrected chi connectivity index (χ0v) is 21.3. The van der Waals surface area contributed by atoms with Gasteiger partial charge in [-0.25, -0.2) is 13.0 Å². The topological polar surface area (TPSA) is 92.3 Å². The van der Waals surface area contributed by atoms with Gasteiger partial charge < -0.3 is 14.4 Å². The molecule has 2 aromatic carbocycles. The first-order valence-corrected chi connectivity index (χ1v) is 12.8. The lowest BCUT2D eigenvalue weighted by atomic mass is 10.0. The molecular formula is C26H31N5O3S. The zero-order chi connectivity index (χ0) is 25.4. The van der Waals surface area contributed by atoms with Crippen LogP contribution in [0, 0.1) is 0 Å². The van der Waals surface area contributed by atoms with E-state index < -0.39 is 10.1 Å². The maximum absolute atomic E-state index is 10.7. The van der Waals surface area contributed by atoms with E-state index in [4.69, 9.17) is 0 Å². The molecule has 0 radical (unpaired) electrons. The highest BCUT2D eigenvalue weighted by Crippen LogP contribution is 2.19. The average Bonchev–Trinajstić information content (AvgIpc) is 2.82. The number of benzene rings is 2. The van der Waals surface area contributed by atoms with Crippen LogP contribution in [0.25, 0.3) is 0 Å². The molecule has 0 saturated carbocycles. The van der Waals surface area contributed by atoms with Crippen molar-refractivity contribution in [1.29, 1.82) is 0 Å². The maximum Gasteiger partial charge on any atom is 0.169 e. The highest BCUT2D eigenvalue weighted by molar-refractivity contribution is 7.85. The first kappa shape index (κ1) is 26.1. The molecule has 3 aromatic rings. The van der Waals surface area contributed by atoms with Crippen LogP contribution in [0.3, 0.4) is 0 Å². The van der Waals surface area contributed by atoms with E-state index in [1.807, 2.05) is 91.3 Å². The Morgan fingerprint density at radius 1 is 0.857 bits per heavy atom. The summed E-state index contributed by atoms with van der Waals surface area (Å²) in [7, 11) is 3.83. The first-order valence-electron chi connectivity index (χ1n) is 11.2. The van der Waals surface area contributed by atoms with Crippen molar-refractivity contribution in [2.45, 2.75) is 13.0 Å². The van der Waals surface area contributed by atoms with E-state index in [2.05, 4.69) is 34.5 Å². The molecule has 0 amide bonds. The van der Waals surface area contributed by atoms with Gasteiger partial charge in [-0.1, -0.05) is 24.3 Å². The van der Waals surface area contributed by atoms with Crippen molar-refractivity contribution in [3.05, 3.63) is 89.7 Å². The lowest BCUT2D eigenvalue weighted by Gasteiger charge is -2.15. The molecule has 0 aliphatic carbocycles. The van der Waals surface area contributed by atoms with E-state index in [1.54, 1.807) is 6.21 Å². The van der Waals surface area contributed by atoms with E-state index in [9.17, 15) is 13.0 Å². The molecule has 0 spiro atoms. The van der Waals surface area contributed by atoms with Crippen LogP contribution in [-0.4, -0.2) is 58.8 Å². The van der Waals surface area contributed by atoms with Gasteiger partial charge in [-0.15, -0.1) is 5.10 Å². The van der Waals surface area contributed by atoms with Crippen LogP contribution in [0.15, 0.2) is 83.3 Å². The number of hydrogen-bond donors (Lipinski definition) is 0. The Bertz CT molecular complexity index is 1210. The standard InChI is InChI=1S/C26H31N5O3S/c1-29(2)24-10-6-22(7-11-24)26(23-8-12-25(13-9-23)30(3)4)28-27-20-21-14-17-31(18-15-21)16-5-19-35(32,33)34/h6-15,17-18,20H,5,16,19H2,1-4H3. The summed E-state index contributed by atoms with van der Waals surface area (Å²) >= 11 is 0. The molecule has 9 heteroatoms. The highest BCUT2D eigenvalue weighted by Gasteiger charge is 2.09. The third-order valence-corrected chi connectivity index (χ3v) is 6.20. The SMILES string of the molecule is CN(C)c1ccc(C(=N/N=C/c2cc[n+](CCCS(=O)(=O)[O-])cc2)c2ccc(N(C)C)cc2)cc1. The molecule has 184 valence electrons. The third-order valence-electron chi connectivity index (χ3n) is 5.41. The van der Waals surface area contributed by atoms with Gasteiger partial charge in [0.25, 0.3) is 0 Å². The number of nitrogens with zero attached hydrogens (tertiary/aromatic N) is 5. The summed E-state index contributed by atoms with van der Waals surface area (Å²) in [6.45, 7) is 0.451. The molecule has 1 heterocycles. The fraction of sp³-hybridized carbons (Fsp3) is 0.269. The molecule has 0 bridgehead atoms. The normalized spacial score (nSPS) is 11.5. The highest BCUT2D eigenvalue weighted by atomic mass is 32.2. The minimum atomic E-state index is -4.19. The van der Waals surface area contributed by atoms with Crippen molar-refractivity contribution in [2.24, 2.45) is 10.2 Å².